The van der Waals surface area contributed by atoms with Gasteiger partial charge in [0.2, 0.25) is 5.91 Å². The monoisotopic (exact) mass is 338 g/mol. The number of urea groups is 1. The van der Waals surface area contributed by atoms with Gasteiger partial charge in [-0.05, 0) is 29.8 Å². The van der Waals surface area contributed by atoms with Gasteiger partial charge in [0.05, 0.1) is 0 Å². The predicted molar refractivity (Wildman–Crippen MR) is 98.6 cm³/mol. The predicted octanol–water partition coefficient (Wildman–Crippen LogP) is 2.29. The lowest BCUT2D eigenvalue weighted by Gasteiger charge is -2.27. The van der Waals surface area contributed by atoms with E-state index in [4.69, 9.17) is 0 Å². The van der Waals surface area contributed by atoms with Crippen molar-refractivity contribution < 1.29 is 9.59 Å². The second-order valence-electron chi connectivity index (χ2n) is 6.09. The zero-order chi connectivity index (χ0) is 17.6. The molecule has 0 radical (unpaired) electrons. The highest BCUT2D eigenvalue weighted by atomic mass is 16.2. The summed E-state index contributed by atoms with van der Waals surface area (Å²) in [6.07, 6.45) is 0. The molecule has 1 saturated heterocycles. The number of nitrogens with zero attached hydrogens (tertiary/aromatic N) is 2. The van der Waals surface area contributed by atoms with Crippen LogP contribution in [0.1, 0.15) is 5.56 Å². The lowest BCUT2D eigenvalue weighted by molar-refractivity contribution is -0.123. The molecule has 0 aromatic heterocycles. The maximum atomic E-state index is 12.2. The number of benzene rings is 2. The van der Waals surface area contributed by atoms with Crippen molar-refractivity contribution in [3.8, 4) is 0 Å². The average molecular weight is 338 g/mol. The van der Waals surface area contributed by atoms with E-state index in [2.05, 4.69) is 27.7 Å². The molecule has 3 amide bonds. The molecule has 1 aliphatic rings. The summed E-state index contributed by atoms with van der Waals surface area (Å²) in [5.74, 6) is -0.126. The fourth-order valence-corrected chi connectivity index (χ4v) is 2.76. The van der Waals surface area contributed by atoms with Gasteiger partial charge in [0.1, 0.15) is 6.54 Å². The minimum Gasteiger partial charge on any atom is -0.370 e. The molecule has 2 N–H and O–H groups in total. The minimum absolute atomic E-state index is 0.101. The fraction of sp³-hybridized carbons (Fsp3) is 0.263. The Morgan fingerprint density at radius 2 is 1.88 bits per heavy atom. The van der Waals surface area contributed by atoms with Crippen molar-refractivity contribution in [3.05, 3.63) is 60.2 Å². The van der Waals surface area contributed by atoms with Crippen molar-refractivity contribution in [1.29, 1.82) is 0 Å². The van der Waals surface area contributed by atoms with Gasteiger partial charge in [0, 0.05) is 38.1 Å². The molecule has 0 atom stereocenters. The molecule has 1 aliphatic heterocycles. The third kappa shape index (κ3) is 4.50. The summed E-state index contributed by atoms with van der Waals surface area (Å²) < 4.78 is 0. The lowest BCUT2D eigenvalue weighted by atomic mass is 10.2. The van der Waals surface area contributed by atoms with E-state index < -0.39 is 0 Å². The standard InChI is InChI=1S/C19H22N4O2/c1-22(13-15-5-3-2-4-6-15)17-9-7-16(8-10-17)21-19(25)23-12-11-20-18(24)14-23/h2-10H,11-14H2,1H3,(H,20,24)(H,21,25). The van der Waals surface area contributed by atoms with Crippen molar-refractivity contribution in [3.63, 3.8) is 0 Å². The van der Waals surface area contributed by atoms with Crippen molar-refractivity contribution in [2.45, 2.75) is 6.54 Å². The lowest BCUT2D eigenvalue weighted by Crippen LogP contribution is -2.51. The third-order valence-electron chi connectivity index (χ3n) is 4.15. The Morgan fingerprint density at radius 1 is 1.16 bits per heavy atom. The molecule has 2 aromatic carbocycles. The summed E-state index contributed by atoms with van der Waals surface area (Å²) in [5.41, 5.74) is 3.03. The smallest absolute Gasteiger partial charge is 0.322 e. The van der Waals surface area contributed by atoms with Crippen LogP contribution in [0, 0.1) is 0 Å². The molecule has 2 aromatic rings. The van der Waals surface area contributed by atoms with Crippen molar-refractivity contribution >= 4 is 23.3 Å². The zero-order valence-electron chi connectivity index (χ0n) is 14.2. The normalized spacial score (nSPS) is 14.0. The number of anilines is 2. The molecule has 0 unspecified atom stereocenters. The Hall–Kier alpha value is -3.02. The Kier molecular flexibility index (Phi) is 5.18. The van der Waals surface area contributed by atoms with Crippen LogP contribution in [0.15, 0.2) is 54.6 Å². The first-order valence-electron chi connectivity index (χ1n) is 8.29. The van der Waals surface area contributed by atoms with Gasteiger partial charge in [-0.2, -0.15) is 0 Å². The molecule has 130 valence electrons. The number of nitrogens with one attached hydrogen (secondary N) is 2. The van der Waals surface area contributed by atoms with E-state index in [0.29, 0.717) is 18.8 Å². The molecule has 25 heavy (non-hydrogen) atoms. The van der Waals surface area contributed by atoms with Gasteiger partial charge in [-0.15, -0.1) is 0 Å². The Labute approximate surface area is 147 Å². The van der Waals surface area contributed by atoms with Gasteiger partial charge in [0.15, 0.2) is 0 Å². The SMILES string of the molecule is CN(Cc1ccccc1)c1ccc(NC(=O)N2CCNC(=O)C2)cc1. The molecule has 0 spiro atoms. The first-order valence-corrected chi connectivity index (χ1v) is 8.29. The quantitative estimate of drug-likeness (QED) is 0.899. The van der Waals surface area contributed by atoms with Crippen molar-refractivity contribution in [2.24, 2.45) is 0 Å². The van der Waals surface area contributed by atoms with Crippen LogP contribution in [-0.2, 0) is 11.3 Å². The first-order chi connectivity index (χ1) is 12.1. The van der Waals surface area contributed by atoms with E-state index >= 15 is 0 Å². The average Bonchev–Trinajstić information content (AvgIpc) is 2.63. The van der Waals surface area contributed by atoms with Crippen molar-refractivity contribution in [2.75, 3.05) is 36.9 Å². The van der Waals surface area contributed by atoms with Gasteiger partial charge in [-0.3, -0.25) is 4.79 Å². The van der Waals surface area contributed by atoms with Crippen LogP contribution in [0.3, 0.4) is 0 Å². The molecule has 0 bridgehead atoms. The highest BCUT2D eigenvalue weighted by molar-refractivity contribution is 5.93. The summed E-state index contributed by atoms with van der Waals surface area (Å²) >= 11 is 0. The molecule has 6 heteroatoms. The summed E-state index contributed by atoms with van der Waals surface area (Å²) in [4.78, 5) is 27.2. The number of amides is 3. The molecule has 3 rings (SSSR count). The maximum absolute atomic E-state index is 12.2. The van der Waals surface area contributed by atoms with Crippen LogP contribution in [-0.4, -0.2) is 43.5 Å². The van der Waals surface area contributed by atoms with Crippen LogP contribution in [0.4, 0.5) is 16.2 Å². The fourth-order valence-electron chi connectivity index (χ4n) is 2.76. The van der Waals surface area contributed by atoms with Crippen LogP contribution < -0.4 is 15.5 Å². The molecule has 0 saturated carbocycles. The third-order valence-corrected chi connectivity index (χ3v) is 4.15. The molecule has 1 heterocycles. The highest BCUT2D eigenvalue weighted by Gasteiger charge is 2.20. The molecule has 1 fully saturated rings. The van der Waals surface area contributed by atoms with Crippen molar-refractivity contribution in [1.82, 2.24) is 10.2 Å². The second kappa shape index (κ2) is 7.70. The number of piperazine rings is 1. The number of carbonyl (C=O) groups is 2. The zero-order valence-corrected chi connectivity index (χ0v) is 14.2. The van der Waals surface area contributed by atoms with E-state index in [0.717, 1.165) is 12.2 Å². The summed E-state index contributed by atoms with van der Waals surface area (Å²) in [6.45, 7) is 1.93. The van der Waals surface area contributed by atoms with E-state index in [1.807, 2.05) is 49.5 Å². The van der Waals surface area contributed by atoms with Gasteiger partial charge >= 0.3 is 6.03 Å². The van der Waals surface area contributed by atoms with Crippen LogP contribution >= 0.6 is 0 Å². The van der Waals surface area contributed by atoms with E-state index in [-0.39, 0.29) is 18.5 Å². The van der Waals surface area contributed by atoms with Gasteiger partial charge in [-0.25, -0.2) is 4.79 Å². The van der Waals surface area contributed by atoms with Gasteiger partial charge in [-0.1, -0.05) is 30.3 Å². The molecule has 0 aliphatic carbocycles. The number of hydrogen-bond acceptors (Lipinski definition) is 3. The molecular formula is C19H22N4O2. The minimum atomic E-state index is -0.250. The summed E-state index contributed by atoms with van der Waals surface area (Å²) in [7, 11) is 2.03. The number of rotatable bonds is 4. The second-order valence-corrected chi connectivity index (χ2v) is 6.09. The highest BCUT2D eigenvalue weighted by Crippen LogP contribution is 2.19. The molecular weight excluding hydrogens is 316 g/mol. The maximum Gasteiger partial charge on any atom is 0.322 e. The Bertz CT molecular complexity index is 731. The van der Waals surface area contributed by atoms with E-state index in [1.54, 1.807) is 0 Å². The Morgan fingerprint density at radius 3 is 2.56 bits per heavy atom. The summed E-state index contributed by atoms with van der Waals surface area (Å²) in [6, 6.07) is 17.7. The van der Waals surface area contributed by atoms with Crippen LogP contribution in [0.5, 0.6) is 0 Å². The van der Waals surface area contributed by atoms with Crippen LogP contribution in [0.2, 0.25) is 0 Å². The largest absolute Gasteiger partial charge is 0.370 e. The number of carbonyl (C=O) groups excluding carboxylic acids is 2. The van der Waals surface area contributed by atoms with Gasteiger partial charge < -0.3 is 20.4 Å². The topological polar surface area (TPSA) is 64.7 Å². The van der Waals surface area contributed by atoms with E-state index in [9.17, 15) is 9.59 Å². The van der Waals surface area contributed by atoms with Crippen LogP contribution in [0.25, 0.3) is 0 Å². The molecule has 6 nitrogen and oxygen atoms in total. The van der Waals surface area contributed by atoms with Gasteiger partial charge in [0.25, 0.3) is 0 Å². The first kappa shape index (κ1) is 16.8. The van der Waals surface area contributed by atoms with E-state index in [1.165, 1.54) is 10.5 Å². The number of hydrogen-bond donors (Lipinski definition) is 2. The summed E-state index contributed by atoms with van der Waals surface area (Å²) in [5, 5.41) is 5.54. The Balaban J connectivity index is 1.58.